The molecule has 0 radical (unpaired) electrons. The van der Waals surface area contributed by atoms with Crippen molar-refractivity contribution < 1.29 is 13.2 Å². The highest BCUT2D eigenvalue weighted by Crippen LogP contribution is 2.28. The first-order chi connectivity index (χ1) is 8.04. The van der Waals surface area contributed by atoms with Crippen molar-refractivity contribution in [2.75, 3.05) is 6.54 Å². The number of nitrogens with one attached hydrogen (secondary N) is 1. The summed E-state index contributed by atoms with van der Waals surface area (Å²) < 4.78 is 36.8. The number of halogens is 3. The maximum atomic E-state index is 12.3. The standard InChI is InChI=1S/C12H11F3N2/c1-2-8-16-17-9-7-10-3-5-11(6-4-10)12(13,14)15/h1,3-6,9,16H,7-8H2/b17-9+. The summed E-state index contributed by atoms with van der Waals surface area (Å²) >= 11 is 0. The fourth-order valence-electron chi connectivity index (χ4n) is 1.14. The second-order valence-electron chi connectivity index (χ2n) is 3.25. The molecule has 0 atom stereocenters. The predicted molar refractivity (Wildman–Crippen MR) is 60.5 cm³/mol. The van der Waals surface area contributed by atoms with Crippen LogP contribution in [0.4, 0.5) is 13.2 Å². The predicted octanol–water partition coefficient (Wildman–Crippen LogP) is 2.46. The van der Waals surface area contributed by atoms with E-state index >= 15 is 0 Å². The van der Waals surface area contributed by atoms with Crippen molar-refractivity contribution in [3.05, 3.63) is 35.4 Å². The van der Waals surface area contributed by atoms with E-state index in [1.54, 1.807) is 6.21 Å². The fourth-order valence-corrected chi connectivity index (χ4v) is 1.14. The van der Waals surface area contributed by atoms with Crippen LogP contribution in [0, 0.1) is 12.3 Å². The molecular formula is C12H11F3N2. The number of benzene rings is 1. The lowest BCUT2D eigenvalue weighted by Crippen LogP contribution is -2.06. The molecule has 0 heterocycles. The number of hydrogen-bond acceptors (Lipinski definition) is 2. The Morgan fingerprint density at radius 3 is 2.47 bits per heavy atom. The Morgan fingerprint density at radius 2 is 1.94 bits per heavy atom. The molecule has 0 aliphatic rings. The molecule has 5 heteroatoms. The summed E-state index contributed by atoms with van der Waals surface area (Å²) in [5.41, 5.74) is 2.70. The molecule has 17 heavy (non-hydrogen) atoms. The van der Waals surface area contributed by atoms with Crippen LogP contribution in [0.15, 0.2) is 29.4 Å². The summed E-state index contributed by atoms with van der Waals surface area (Å²) in [5.74, 6) is 2.34. The Bertz CT molecular complexity index is 413. The number of hydrogen-bond donors (Lipinski definition) is 1. The summed E-state index contributed by atoms with van der Waals surface area (Å²) in [4.78, 5) is 0. The van der Waals surface area contributed by atoms with Gasteiger partial charge < -0.3 is 0 Å². The third kappa shape index (κ3) is 4.60. The molecule has 1 N–H and O–H groups in total. The van der Waals surface area contributed by atoms with Gasteiger partial charge in [0, 0.05) is 12.6 Å². The van der Waals surface area contributed by atoms with Gasteiger partial charge in [0.1, 0.15) is 0 Å². The van der Waals surface area contributed by atoms with E-state index in [-0.39, 0.29) is 0 Å². The number of alkyl halides is 3. The van der Waals surface area contributed by atoms with E-state index in [2.05, 4.69) is 16.4 Å². The molecule has 0 aromatic heterocycles. The first kappa shape index (κ1) is 13.1. The van der Waals surface area contributed by atoms with Crippen molar-refractivity contribution in [3.8, 4) is 12.3 Å². The second kappa shape index (κ2) is 5.94. The molecule has 0 fully saturated rings. The summed E-state index contributed by atoms with van der Waals surface area (Å²) in [6, 6.07) is 4.96. The molecule has 0 aliphatic carbocycles. The number of nitrogens with zero attached hydrogens (tertiary/aromatic N) is 1. The number of rotatable bonds is 4. The Kier molecular flexibility index (Phi) is 4.58. The number of terminal acetylenes is 1. The highest BCUT2D eigenvalue weighted by molar-refractivity contribution is 5.61. The molecular weight excluding hydrogens is 229 g/mol. The minimum absolute atomic E-state index is 0.323. The molecule has 1 rings (SSSR count). The zero-order chi connectivity index (χ0) is 12.7. The first-order valence-corrected chi connectivity index (χ1v) is 4.88. The molecule has 0 amide bonds. The molecule has 1 aromatic carbocycles. The van der Waals surface area contributed by atoms with E-state index in [0.717, 1.165) is 17.7 Å². The van der Waals surface area contributed by atoms with Gasteiger partial charge in [0.15, 0.2) is 0 Å². The average molecular weight is 240 g/mol. The van der Waals surface area contributed by atoms with Gasteiger partial charge in [-0.15, -0.1) is 6.42 Å². The monoisotopic (exact) mass is 240 g/mol. The van der Waals surface area contributed by atoms with Gasteiger partial charge in [-0.1, -0.05) is 18.1 Å². The topological polar surface area (TPSA) is 24.4 Å². The minimum atomic E-state index is -4.29. The van der Waals surface area contributed by atoms with E-state index in [1.165, 1.54) is 12.1 Å². The SMILES string of the molecule is C#CCN/N=C/Cc1ccc(C(F)(F)F)cc1. The van der Waals surface area contributed by atoms with E-state index in [1.807, 2.05) is 0 Å². The molecule has 0 aliphatic heterocycles. The van der Waals surface area contributed by atoms with Crippen LogP contribution in [-0.4, -0.2) is 12.8 Å². The van der Waals surface area contributed by atoms with E-state index in [0.29, 0.717) is 13.0 Å². The lowest BCUT2D eigenvalue weighted by atomic mass is 10.1. The van der Waals surface area contributed by atoms with Crippen LogP contribution in [0.3, 0.4) is 0 Å². The van der Waals surface area contributed by atoms with Gasteiger partial charge in [-0.2, -0.15) is 18.3 Å². The van der Waals surface area contributed by atoms with Gasteiger partial charge in [-0.25, -0.2) is 0 Å². The zero-order valence-corrected chi connectivity index (χ0v) is 8.96. The third-order valence-corrected chi connectivity index (χ3v) is 1.97. The molecule has 0 saturated heterocycles. The normalized spacial score (nSPS) is 11.4. The summed E-state index contributed by atoms with van der Waals surface area (Å²) in [7, 11) is 0. The van der Waals surface area contributed by atoms with Gasteiger partial charge in [-0.3, -0.25) is 5.43 Å². The number of hydrazone groups is 1. The molecule has 0 bridgehead atoms. The van der Waals surface area contributed by atoms with Crippen molar-refractivity contribution in [2.45, 2.75) is 12.6 Å². The molecule has 90 valence electrons. The summed E-state index contributed by atoms with van der Waals surface area (Å²) in [6.07, 6.45) is 2.71. The van der Waals surface area contributed by atoms with Gasteiger partial charge >= 0.3 is 6.18 Å². The quantitative estimate of drug-likeness (QED) is 0.372. The van der Waals surface area contributed by atoms with E-state index in [4.69, 9.17) is 6.42 Å². The lowest BCUT2D eigenvalue weighted by molar-refractivity contribution is -0.137. The Balaban J connectivity index is 2.52. The van der Waals surface area contributed by atoms with Crippen LogP contribution in [0.5, 0.6) is 0 Å². The maximum Gasteiger partial charge on any atom is 0.416 e. The smallest absolute Gasteiger partial charge is 0.298 e. The molecule has 0 saturated carbocycles. The summed E-state index contributed by atoms with van der Waals surface area (Å²) in [6.45, 7) is 0.323. The van der Waals surface area contributed by atoms with Crippen molar-refractivity contribution in [3.63, 3.8) is 0 Å². The van der Waals surface area contributed by atoms with Gasteiger partial charge in [-0.05, 0) is 17.7 Å². The fraction of sp³-hybridized carbons (Fsp3) is 0.250. The maximum absolute atomic E-state index is 12.3. The Labute approximate surface area is 97.5 Å². The third-order valence-electron chi connectivity index (χ3n) is 1.97. The van der Waals surface area contributed by atoms with Crippen LogP contribution in [0.1, 0.15) is 11.1 Å². The van der Waals surface area contributed by atoms with E-state index < -0.39 is 11.7 Å². The molecule has 1 aromatic rings. The second-order valence-corrected chi connectivity index (χ2v) is 3.25. The van der Waals surface area contributed by atoms with Gasteiger partial charge in [0.05, 0.1) is 12.1 Å². The van der Waals surface area contributed by atoms with Crippen molar-refractivity contribution >= 4 is 6.21 Å². The molecule has 2 nitrogen and oxygen atoms in total. The minimum Gasteiger partial charge on any atom is -0.298 e. The van der Waals surface area contributed by atoms with Crippen molar-refractivity contribution in [1.29, 1.82) is 0 Å². The Morgan fingerprint density at radius 1 is 1.29 bits per heavy atom. The average Bonchev–Trinajstić information content (AvgIpc) is 2.28. The summed E-state index contributed by atoms with van der Waals surface area (Å²) in [5, 5.41) is 3.79. The Hall–Kier alpha value is -1.96. The lowest BCUT2D eigenvalue weighted by Gasteiger charge is -2.06. The van der Waals surface area contributed by atoms with Crippen molar-refractivity contribution in [2.24, 2.45) is 5.10 Å². The van der Waals surface area contributed by atoms with Gasteiger partial charge in [0.2, 0.25) is 0 Å². The molecule has 0 spiro atoms. The van der Waals surface area contributed by atoms with E-state index in [9.17, 15) is 13.2 Å². The molecule has 0 unspecified atom stereocenters. The zero-order valence-electron chi connectivity index (χ0n) is 8.96. The van der Waals surface area contributed by atoms with Crippen LogP contribution in [0.2, 0.25) is 0 Å². The van der Waals surface area contributed by atoms with Crippen molar-refractivity contribution in [1.82, 2.24) is 5.43 Å². The van der Waals surface area contributed by atoms with Crippen LogP contribution in [-0.2, 0) is 12.6 Å². The van der Waals surface area contributed by atoms with Crippen LogP contribution >= 0.6 is 0 Å². The van der Waals surface area contributed by atoms with Crippen LogP contribution in [0.25, 0.3) is 0 Å². The highest BCUT2D eigenvalue weighted by Gasteiger charge is 2.29. The van der Waals surface area contributed by atoms with Crippen LogP contribution < -0.4 is 5.43 Å². The largest absolute Gasteiger partial charge is 0.416 e. The first-order valence-electron chi connectivity index (χ1n) is 4.88. The highest BCUT2D eigenvalue weighted by atomic mass is 19.4. The van der Waals surface area contributed by atoms with Gasteiger partial charge in [0.25, 0.3) is 0 Å².